The molecule has 5 nitrogen and oxygen atoms in total. The molecule has 2 saturated heterocycles. The van der Waals surface area contributed by atoms with Gasteiger partial charge in [-0.1, -0.05) is 37.3 Å². The standard InChI is InChI=1S/C21H24N4O/c1-2-21(10-16-8-9-18(21)23-16)20(26)25-12-15-11-22-19(24-17(15)13-25)14-6-4-3-5-7-14/h3-7,11,16,18,23H,2,8-10,12-13H2,1H3/t16-,18+,21+/m0/s1. The van der Waals surface area contributed by atoms with E-state index < -0.39 is 0 Å². The van der Waals surface area contributed by atoms with Crippen molar-refractivity contribution in [1.82, 2.24) is 20.2 Å². The first-order valence-corrected chi connectivity index (χ1v) is 9.65. The lowest BCUT2D eigenvalue weighted by Gasteiger charge is -2.37. The summed E-state index contributed by atoms with van der Waals surface area (Å²) in [5.74, 6) is 1.05. The van der Waals surface area contributed by atoms with Crippen molar-refractivity contribution in [3.8, 4) is 11.4 Å². The maximum atomic E-state index is 13.5. The summed E-state index contributed by atoms with van der Waals surface area (Å²) in [5.41, 5.74) is 2.87. The summed E-state index contributed by atoms with van der Waals surface area (Å²) in [4.78, 5) is 24.7. The minimum atomic E-state index is -0.222. The molecule has 134 valence electrons. The van der Waals surface area contributed by atoms with Crippen LogP contribution < -0.4 is 5.32 Å². The third kappa shape index (κ3) is 2.30. The highest BCUT2D eigenvalue weighted by Gasteiger charge is 2.55. The van der Waals surface area contributed by atoms with Crippen LogP contribution in [0.5, 0.6) is 0 Å². The van der Waals surface area contributed by atoms with Crippen LogP contribution in [0.3, 0.4) is 0 Å². The van der Waals surface area contributed by atoms with Crippen molar-refractivity contribution in [1.29, 1.82) is 0 Å². The zero-order chi connectivity index (χ0) is 17.7. The highest BCUT2D eigenvalue weighted by molar-refractivity contribution is 5.85. The SMILES string of the molecule is CC[C@@]1(C(=O)N2Cc3cnc(-c4ccccc4)nc3C2)C[C@@H]2CC[C@H]1N2. The molecule has 3 atom stereocenters. The maximum absolute atomic E-state index is 13.5. The summed E-state index contributed by atoms with van der Waals surface area (Å²) in [6, 6.07) is 10.9. The van der Waals surface area contributed by atoms with Crippen molar-refractivity contribution in [2.75, 3.05) is 0 Å². The Morgan fingerprint density at radius 2 is 2.12 bits per heavy atom. The normalized spacial score (nSPS) is 29.2. The van der Waals surface area contributed by atoms with Crippen LogP contribution in [0.2, 0.25) is 0 Å². The van der Waals surface area contributed by atoms with E-state index in [1.54, 1.807) is 0 Å². The van der Waals surface area contributed by atoms with E-state index in [4.69, 9.17) is 4.98 Å². The Hall–Kier alpha value is -2.27. The fourth-order valence-electron chi connectivity index (χ4n) is 5.11. The molecule has 0 radical (unpaired) electrons. The number of hydrogen-bond acceptors (Lipinski definition) is 4. The van der Waals surface area contributed by atoms with Gasteiger partial charge in [0.15, 0.2) is 5.82 Å². The van der Waals surface area contributed by atoms with Crippen LogP contribution in [0.1, 0.15) is 43.9 Å². The minimum absolute atomic E-state index is 0.222. The smallest absolute Gasteiger partial charge is 0.231 e. The van der Waals surface area contributed by atoms with Gasteiger partial charge in [-0.2, -0.15) is 0 Å². The summed E-state index contributed by atoms with van der Waals surface area (Å²) in [6.07, 6.45) is 6.14. The first-order chi connectivity index (χ1) is 12.7. The zero-order valence-corrected chi connectivity index (χ0v) is 15.1. The predicted octanol–water partition coefficient (Wildman–Crippen LogP) is 2.91. The number of hydrogen-bond donors (Lipinski definition) is 1. The molecular weight excluding hydrogens is 324 g/mol. The first-order valence-electron chi connectivity index (χ1n) is 9.65. The Balaban J connectivity index is 1.40. The van der Waals surface area contributed by atoms with E-state index in [2.05, 4.69) is 17.2 Å². The summed E-state index contributed by atoms with van der Waals surface area (Å²) in [5, 5.41) is 3.65. The third-order valence-electron chi connectivity index (χ3n) is 6.55. The van der Waals surface area contributed by atoms with Crippen molar-refractivity contribution in [3.63, 3.8) is 0 Å². The molecule has 1 aromatic carbocycles. The molecule has 0 aliphatic carbocycles. The van der Waals surface area contributed by atoms with Gasteiger partial charge in [-0.15, -0.1) is 0 Å². The van der Waals surface area contributed by atoms with Gasteiger partial charge in [0, 0.05) is 36.0 Å². The van der Waals surface area contributed by atoms with E-state index in [-0.39, 0.29) is 5.41 Å². The summed E-state index contributed by atoms with van der Waals surface area (Å²) >= 11 is 0. The number of nitrogens with zero attached hydrogens (tertiary/aromatic N) is 3. The Kier molecular flexibility index (Phi) is 3.60. The Bertz CT molecular complexity index is 852. The number of fused-ring (bicyclic) bond motifs is 3. The van der Waals surface area contributed by atoms with Gasteiger partial charge < -0.3 is 10.2 Å². The number of carbonyl (C=O) groups excluding carboxylic acids is 1. The summed E-state index contributed by atoms with van der Waals surface area (Å²) in [6.45, 7) is 3.41. The zero-order valence-electron chi connectivity index (χ0n) is 15.1. The van der Waals surface area contributed by atoms with Crippen LogP contribution in [-0.2, 0) is 17.9 Å². The fourth-order valence-corrected chi connectivity index (χ4v) is 5.11. The predicted molar refractivity (Wildman–Crippen MR) is 99.0 cm³/mol. The van der Waals surface area contributed by atoms with Crippen LogP contribution in [0.15, 0.2) is 36.5 Å². The van der Waals surface area contributed by atoms with Crippen LogP contribution in [-0.4, -0.2) is 32.9 Å². The number of nitrogens with one attached hydrogen (secondary N) is 1. The lowest BCUT2D eigenvalue weighted by Crippen LogP contribution is -2.48. The molecule has 0 saturated carbocycles. The number of carbonyl (C=O) groups is 1. The van der Waals surface area contributed by atoms with E-state index in [1.165, 1.54) is 6.42 Å². The van der Waals surface area contributed by atoms with Crippen molar-refractivity contribution < 1.29 is 4.79 Å². The van der Waals surface area contributed by atoms with Crippen LogP contribution >= 0.6 is 0 Å². The Morgan fingerprint density at radius 1 is 1.27 bits per heavy atom. The van der Waals surface area contributed by atoms with Gasteiger partial charge in [0.2, 0.25) is 5.91 Å². The van der Waals surface area contributed by atoms with Crippen molar-refractivity contribution >= 4 is 5.91 Å². The van der Waals surface area contributed by atoms with Crippen LogP contribution in [0.4, 0.5) is 0 Å². The average Bonchev–Trinajstić information content (AvgIpc) is 3.41. The van der Waals surface area contributed by atoms with Crippen LogP contribution in [0, 0.1) is 5.41 Å². The van der Waals surface area contributed by atoms with Gasteiger partial charge >= 0.3 is 0 Å². The topological polar surface area (TPSA) is 58.1 Å². The highest BCUT2D eigenvalue weighted by Crippen LogP contribution is 2.47. The number of benzene rings is 1. The molecule has 2 fully saturated rings. The van der Waals surface area contributed by atoms with E-state index in [1.807, 2.05) is 41.4 Å². The molecule has 0 spiro atoms. The van der Waals surface area contributed by atoms with E-state index in [9.17, 15) is 4.79 Å². The molecule has 1 N–H and O–H groups in total. The summed E-state index contributed by atoms with van der Waals surface area (Å²) in [7, 11) is 0. The monoisotopic (exact) mass is 348 g/mol. The van der Waals surface area contributed by atoms with Gasteiger partial charge in [0.05, 0.1) is 17.7 Å². The summed E-state index contributed by atoms with van der Waals surface area (Å²) < 4.78 is 0. The van der Waals surface area contributed by atoms with Gasteiger partial charge in [-0.25, -0.2) is 9.97 Å². The van der Waals surface area contributed by atoms with Crippen molar-refractivity contribution in [3.05, 3.63) is 47.8 Å². The molecule has 1 amide bonds. The average molecular weight is 348 g/mol. The van der Waals surface area contributed by atoms with Crippen molar-refractivity contribution in [2.24, 2.45) is 5.41 Å². The van der Waals surface area contributed by atoms with Gasteiger partial charge in [0.25, 0.3) is 0 Å². The molecule has 0 unspecified atom stereocenters. The molecule has 2 aromatic rings. The highest BCUT2D eigenvalue weighted by atomic mass is 16.2. The van der Waals surface area contributed by atoms with Gasteiger partial charge in [0.1, 0.15) is 0 Å². The Morgan fingerprint density at radius 3 is 2.81 bits per heavy atom. The molecule has 3 aliphatic rings. The molecular formula is C21H24N4O. The maximum Gasteiger partial charge on any atom is 0.231 e. The largest absolute Gasteiger partial charge is 0.332 e. The quantitative estimate of drug-likeness (QED) is 0.927. The number of rotatable bonds is 3. The molecule has 4 heterocycles. The number of amides is 1. The fraction of sp³-hybridized carbons (Fsp3) is 0.476. The molecule has 26 heavy (non-hydrogen) atoms. The third-order valence-corrected chi connectivity index (χ3v) is 6.55. The van der Waals surface area contributed by atoms with Crippen LogP contribution in [0.25, 0.3) is 11.4 Å². The first kappa shape index (κ1) is 15.9. The molecule has 1 aromatic heterocycles. The molecule has 5 rings (SSSR count). The van der Waals surface area contributed by atoms with E-state index in [0.29, 0.717) is 31.1 Å². The van der Waals surface area contributed by atoms with Gasteiger partial charge in [-0.05, 0) is 25.7 Å². The molecule has 5 heteroatoms. The molecule has 3 aliphatic heterocycles. The van der Waals surface area contributed by atoms with Gasteiger partial charge in [-0.3, -0.25) is 4.79 Å². The molecule has 2 bridgehead atoms. The van der Waals surface area contributed by atoms with E-state index >= 15 is 0 Å². The lowest BCUT2D eigenvalue weighted by atomic mass is 9.71. The number of aromatic nitrogens is 2. The van der Waals surface area contributed by atoms with Crippen molar-refractivity contribution in [2.45, 2.75) is 57.8 Å². The lowest BCUT2D eigenvalue weighted by molar-refractivity contribution is -0.144. The second-order valence-corrected chi connectivity index (χ2v) is 7.90. The Labute approximate surface area is 153 Å². The van der Waals surface area contributed by atoms with E-state index in [0.717, 1.165) is 41.9 Å². The second-order valence-electron chi connectivity index (χ2n) is 7.90. The second kappa shape index (κ2) is 5.88. The minimum Gasteiger partial charge on any atom is -0.332 e.